The van der Waals surface area contributed by atoms with Crippen LogP contribution in [0.4, 0.5) is 5.69 Å². The lowest BCUT2D eigenvalue weighted by atomic mass is 9.75. The van der Waals surface area contributed by atoms with Crippen LogP contribution >= 0.6 is 0 Å². The van der Waals surface area contributed by atoms with Gasteiger partial charge in [0.15, 0.2) is 0 Å². The molecule has 3 heteroatoms. The van der Waals surface area contributed by atoms with E-state index in [4.69, 9.17) is 0 Å². The number of fused-ring (bicyclic) bond motifs is 1. The first-order valence-corrected chi connectivity index (χ1v) is 10.6. The Kier molecular flexibility index (Phi) is 5.29. The van der Waals surface area contributed by atoms with Gasteiger partial charge in [-0.05, 0) is 79.3 Å². The Balaban J connectivity index is 1.42. The Morgan fingerprint density at radius 2 is 1.82 bits per heavy atom. The van der Waals surface area contributed by atoms with Gasteiger partial charge in [-0.15, -0.1) is 0 Å². The second kappa shape index (κ2) is 7.71. The summed E-state index contributed by atoms with van der Waals surface area (Å²) in [4.78, 5) is 15.3. The van der Waals surface area contributed by atoms with Gasteiger partial charge in [0.2, 0.25) is 0 Å². The van der Waals surface area contributed by atoms with Gasteiger partial charge in [0, 0.05) is 30.4 Å². The summed E-state index contributed by atoms with van der Waals surface area (Å²) in [5.74, 6) is -0.0275. The van der Waals surface area contributed by atoms with Crippen molar-refractivity contribution < 1.29 is 4.79 Å². The summed E-state index contributed by atoms with van der Waals surface area (Å²) in [5.41, 5.74) is 5.98. The van der Waals surface area contributed by atoms with Crippen LogP contribution in [0.1, 0.15) is 66.6 Å². The number of anilines is 1. The smallest absolute Gasteiger partial charge is 0.255 e. The normalized spacial score (nSPS) is 19.8. The molecule has 3 nitrogen and oxygen atoms in total. The molecule has 148 valence electrons. The fourth-order valence-electron chi connectivity index (χ4n) is 4.74. The predicted octanol–water partition coefficient (Wildman–Crippen LogP) is 5.57. The van der Waals surface area contributed by atoms with Crippen molar-refractivity contribution in [1.29, 1.82) is 0 Å². The second-order valence-corrected chi connectivity index (χ2v) is 9.37. The minimum absolute atomic E-state index is 0.0275. The number of carbonyl (C=O) groups excluding carboxylic acids is 1. The number of amides is 1. The van der Waals surface area contributed by atoms with Crippen LogP contribution in [0, 0.1) is 12.3 Å². The van der Waals surface area contributed by atoms with Crippen LogP contribution < -0.4 is 5.32 Å². The minimum atomic E-state index is -0.0275. The maximum absolute atomic E-state index is 12.6. The molecule has 2 aromatic carbocycles. The maximum atomic E-state index is 12.6. The van der Waals surface area contributed by atoms with Crippen molar-refractivity contribution in [1.82, 2.24) is 4.90 Å². The monoisotopic (exact) mass is 376 g/mol. The number of benzene rings is 2. The molecule has 0 saturated heterocycles. The Morgan fingerprint density at radius 3 is 2.57 bits per heavy atom. The molecule has 4 rings (SSSR count). The summed E-state index contributed by atoms with van der Waals surface area (Å²) in [6.45, 7) is 8.96. The van der Waals surface area contributed by atoms with E-state index in [1.807, 2.05) is 31.2 Å². The summed E-state index contributed by atoms with van der Waals surface area (Å²) in [5, 5.41) is 3.08. The molecule has 1 N–H and O–H groups in total. The third-order valence-electron chi connectivity index (χ3n) is 6.72. The predicted molar refractivity (Wildman–Crippen MR) is 116 cm³/mol. The van der Waals surface area contributed by atoms with Crippen LogP contribution in [-0.2, 0) is 13.0 Å². The van der Waals surface area contributed by atoms with Crippen molar-refractivity contribution in [3.8, 4) is 0 Å². The molecule has 0 aromatic heterocycles. The average Bonchev–Trinajstić information content (AvgIpc) is 2.68. The fraction of sp³-hybridized carbons (Fsp3) is 0.480. The molecule has 2 aliphatic rings. The lowest BCUT2D eigenvalue weighted by molar-refractivity contribution is 0.0965. The van der Waals surface area contributed by atoms with Crippen molar-refractivity contribution in [2.45, 2.75) is 65.5 Å². The van der Waals surface area contributed by atoms with Gasteiger partial charge in [0.05, 0.1) is 0 Å². The Morgan fingerprint density at radius 1 is 1.07 bits per heavy atom. The highest BCUT2D eigenvalue weighted by atomic mass is 16.1. The molecule has 0 radical (unpaired) electrons. The van der Waals surface area contributed by atoms with E-state index < -0.39 is 0 Å². The van der Waals surface area contributed by atoms with E-state index in [9.17, 15) is 4.79 Å². The highest BCUT2D eigenvalue weighted by Crippen LogP contribution is 2.38. The molecule has 0 spiro atoms. The lowest BCUT2D eigenvalue weighted by Gasteiger charge is -2.42. The molecule has 1 fully saturated rings. The van der Waals surface area contributed by atoms with E-state index in [1.54, 1.807) is 0 Å². The molecule has 1 amide bonds. The zero-order valence-corrected chi connectivity index (χ0v) is 17.4. The van der Waals surface area contributed by atoms with Gasteiger partial charge < -0.3 is 5.32 Å². The molecule has 1 aliphatic carbocycles. The number of nitrogens with one attached hydrogen (secondary N) is 1. The van der Waals surface area contributed by atoms with E-state index in [1.165, 1.54) is 36.8 Å². The number of carbonyl (C=O) groups is 1. The third kappa shape index (κ3) is 4.15. The van der Waals surface area contributed by atoms with Crippen LogP contribution in [0.15, 0.2) is 42.5 Å². The van der Waals surface area contributed by atoms with Gasteiger partial charge in [-0.3, -0.25) is 9.69 Å². The van der Waals surface area contributed by atoms with Crippen LogP contribution in [0.25, 0.3) is 0 Å². The summed E-state index contributed by atoms with van der Waals surface area (Å²) in [6.07, 6.45) is 6.40. The first-order chi connectivity index (χ1) is 13.4. The van der Waals surface area contributed by atoms with Gasteiger partial charge in [0.1, 0.15) is 0 Å². The van der Waals surface area contributed by atoms with Crippen LogP contribution in [0.5, 0.6) is 0 Å². The van der Waals surface area contributed by atoms with Gasteiger partial charge in [0.25, 0.3) is 5.91 Å². The number of hydrogen-bond donors (Lipinski definition) is 1. The van der Waals surface area contributed by atoms with E-state index in [2.05, 4.69) is 42.3 Å². The van der Waals surface area contributed by atoms with Crippen molar-refractivity contribution in [3.63, 3.8) is 0 Å². The maximum Gasteiger partial charge on any atom is 0.255 e. The molecule has 1 heterocycles. The Bertz CT molecular complexity index is 861. The van der Waals surface area contributed by atoms with Crippen molar-refractivity contribution in [3.05, 3.63) is 64.7 Å². The van der Waals surface area contributed by atoms with Crippen LogP contribution in [0.3, 0.4) is 0 Å². The SMILES string of the molecule is Cc1ccccc1C(=O)Nc1ccc2c(c1)CCN(C1CCC(C)(C)CC1)C2. The molecule has 28 heavy (non-hydrogen) atoms. The van der Waals surface area contributed by atoms with E-state index >= 15 is 0 Å². The topological polar surface area (TPSA) is 32.3 Å². The van der Waals surface area contributed by atoms with Gasteiger partial charge >= 0.3 is 0 Å². The van der Waals surface area contributed by atoms with Crippen molar-refractivity contribution >= 4 is 11.6 Å². The van der Waals surface area contributed by atoms with E-state index in [-0.39, 0.29) is 5.91 Å². The number of rotatable bonds is 3. The van der Waals surface area contributed by atoms with Gasteiger partial charge in [-0.2, -0.15) is 0 Å². The average molecular weight is 377 g/mol. The minimum Gasteiger partial charge on any atom is -0.322 e. The summed E-state index contributed by atoms with van der Waals surface area (Å²) < 4.78 is 0. The zero-order chi connectivity index (χ0) is 19.7. The Labute approximate surface area is 169 Å². The summed E-state index contributed by atoms with van der Waals surface area (Å²) in [7, 11) is 0. The highest BCUT2D eigenvalue weighted by molar-refractivity contribution is 6.05. The van der Waals surface area contributed by atoms with Crippen LogP contribution in [-0.4, -0.2) is 23.4 Å². The zero-order valence-electron chi connectivity index (χ0n) is 17.4. The number of nitrogens with zero attached hydrogens (tertiary/aromatic N) is 1. The molecule has 2 aromatic rings. The van der Waals surface area contributed by atoms with Crippen molar-refractivity contribution in [2.24, 2.45) is 5.41 Å². The quantitative estimate of drug-likeness (QED) is 0.759. The Hall–Kier alpha value is -2.13. The molecule has 0 unspecified atom stereocenters. The van der Waals surface area contributed by atoms with E-state index in [0.717, 1.165) is 42.4 Å². The first-order valence-electron chi connectivity index (χ1n) is 10.6. The number of aryl methyl sites for hydroxylation is 1. The molecule has 0 atom stereocenters. The first kappa shape index (κ1) is 19.2. The summed E-state index contributed by atoms with van der Waals surface area (Å²) in [6, 6.07) is 14.9. The third-order valence-corrected chi connectivity index (χ3v) is 6.72. The fourth-order valence-corrected chi connectivity index (χ4v) is 4.74. The van der Waals surface area contributed by atoms with E-state index in [0.29, 0.717) is 5.41 Å². The largest absolute Gasteiger partial charge is 0.322 e. The van der Waals surface area contributed by atoms with Crippen molar-refractivity contribution in [2.75, 3.05) is 11.9 Å². The lowest BCUT2D eigenvalue weighted by Crippen LogP contribution is -2.42. The molecule has 1 aliphatic heterocycles. The van der Waals surface area contributed by atoms with Crippen LogP contribution in [0.2, 0.25) is 0 Å². The standard InChI is InChI=1S/C25H32N2O/c1-18-6-4-5-7-23(18)24(28)26-21-9-8-20-17-27(15-12-19(20)16-21)22-10-13-25(2,3)14-11-22/h4-9,16,22H,10-15,17H2,1-3H3,(H,26,28). The molecular formula is C25H32N2O. The molecule has 1 saturated carbocycles. The van der Waals surface area contributed by atoms with Gasteiger partial charge in [-0.1, -0.05) is 38.1 Å². The second-order valence-electron chi connectivity index (χ2n) is 9.37. The number of hydrogen-bond acceptors (Lipinski definition) is 2. The molecule has 0 bridgehead atoms. The van der Waals surface area contributed by atoms with Gasteiger partial charge in [-0.25, -0.2) is 0 Å². The molecular weight excluding hydrogens is 344 g/mol. The highest BCUT2D eigenvalue weighted by Gasteiger charge is 2.31. The summed E-state index contributed by atoms with van der Waals surface area (Å²) >= 11 is 0.